The number of aromatic nitrogens is 2. The van der Waals surface area contributed by atoms with Crippen molar-refractivity contribution in [1.29, 1.82) is 5.26 Å². The van der Waals surface area contributed by atoms with E-state index in [0.29, 0.717) is 31.1 Å². The number of amides is 2. The number of anilines is 1. The fraction of sp³-hybridized carbons (Fsp3) is 0.500. The summed E-state index contributed by atoms with van der Waals surface area (Å²) in [5.41, 5.74) is 2.79. The standard InChI is InChI=1S/C32H38F2N6O2S/c1-19(32(2,3)4)36-17-21-9-10-25-24(15-21)37-31(38-29(41)27-12-11-26(43-27)28(33)34)40(25)18-23-6-5-13-39(23)30(42)22(16-35)14-20-7-8-20/h9-12,14-15,19-20,23,28,36H,5-8,13,17-18H2,1-4H3,(H,37,38,41)/b22-14-/t19-,23+/m0/s1. The fourth-order valence-electron chi connectivity index (χ4n) is 5.21. The van der Waals surface area contributed by atoms with Gasteiger partial charge >= 0.3 is 0 Å². The van der Waals surface area contributed by atoms with Crippen LogP contribution in [0.2, 0.25) is 0 Å². The fourth-order valence-corrected chi connectivity index (χ4v) is 5.97. The number of rotatable bonds is 10. The van der Waals surface area contributed by atoms with Gasteiger partial charge in [0.15, 0.2) is 0 Å². The number of hydrogen-bond donors (Lipinski definition) is 2. The van der Waals surface area contributed by atoms with E-state index in [-0.39, 0.29) is 44.7 Å². The molecular formula is C32H38F2N6O2S. The van der Waals surface area contributed by atoms with Crippen molar-refractivity contribution >= 4 is 40.1 Å². The van der Waals surface area contributed by atoms with Crippen molar-refractivity contribution in [3.05, 3.63) is 57.3 Å². The minimum Gasteiger partial charge on any atom is -0.333 e. The zero-order valence-corrected chi connectivity index (χ0v) is 25.8. The Kier molecular flexibility index (Phi) is 8.99. The molecule has 0 unspecified atom stereocenters. The largest absolute Gasteiger partial charge is 0.333 e. The number of hydrogen-bond acceptors (Lipinski definition) is 6. The van der Waals surface area contributed by atoms with Crippen LogP contribution in [0.3, 0.4) is 0 Å². The highest BCUT2D eigenvalue weighted by Gasteiger charge is 2.33. The first-order valence-electron chi connectivity index (χ1n) is 14.8. The molecule has 2 aliphatic rings. The Morgan fingerprint density at radius 2 is 1.98 bits per heavy atom. The summed E-state index contributed by atoms with van der Waals surface area (Å²) in [5, 5.41) is 16.1. The number of imidazole rings is 1. The third-order valence-electron chi connectivity index (χ3n) is 8.42. The first-order chi connectivity index (χ1) is 20.4. The van der Waals surface area contributed by atoms with E-state index < -0.39 is 12.3 Å². The van der Waals surface area contributed by atoms with Gasteiger partial charge in [-0.2, -0.15) is 5.26 Å². The van der Waals surface area contributed by atoms with Crippen molar-refractivity contribution in [3.63, 3.8) is 0 Å². The van der Waals surface area contributed by atoms with Gasteiger partial charge in [-0.25, -0.2) is 13.8 Å². The molecule has 1 aliphatic carbocycles. The lowest BCUT2D eigenvalue weighted by Gasteiger charge is -2.28. The van der Waals surface area contributed by atoms with Crippen LogP contribution < -0.4 is 10.6 Å². The molecule has 228 valence electrons. The molecule has 2 amide bonds. The normalized spacial score (nSPS) is 18.3. The zero-order valence-electron chi connectivity index (χ0n) is 25.0. The van der Waals surface area contributed by atoms with Crippen molar-refractivity contribution in [1.82, 2.24) is 19.8 Å². The van der Waals surface area contributed by atoms with Crippen LogP contribution in [0.15, 0.2) is 42.0 Å². The van der Waals surface area contributed by atoms with Crippen LogP contribution in [0.1, 0.15) is 79.9 Å². The number of fused-ring (bicyclic) bond motifs is 1. The van der Waals surface area contributed by atoms with E-state index >= 15 is 0 Å². The number of alkyl halides is 2. The molecule has 43 heavy (non-hydrogen) atoms. The number of allylic oxidation sites excluding steroid dienone is 1. The molecule has 2 aromatic heterocycles. The second-order valence-corrected chi connectivity index (χ2v) is 13.7. The highest BCUT2D eigenvalue weighted by atomic mass is 32.1. The number of benzene rings is 1. The summed E-state index contributed by atoms with van der Waals surface area (Å²) in [6.45, 7) is 10.3. The molecule has 2 atom stereocenters. The molecule has 1 aromatic carbocycles. The molecule has 5 rings (SSSR count). The zero-order chi connectivity index (χ0) is 30.9. The lowest BCUT2D eigenvalue weighted by atomic mass is 9.88. The number of carbonyl (C=O) groups is 2. The molecule has 0 spiro atoms. The van der Waals surface area contributed by atoms with Gasteiger partial charge in [0.1, 0.15) is 11.6 Å². The van der Waals surface area contributed by atoms with Gasteiger partial charge in [-0.15, -0.1) is 11.3 Å². The predicted octanol–water partition coefficient (Wildman–Crippen LogP) is 6.66. The minimum atomic E-state index is -2.65. The Balaban J connectivity index is 1.44. The van der Waals surface area contributed by atoms with Crippen LogP contribution >= 0.6 is 11.3 Å². The molecule has 1 saturated heterocycles. The van der Waals surface area contributed by atoms with Gasteiger partial charge in [0.2, 0.25) is 5.95 Å². The number of nitrogens with one attached hydrogen (secondary N) is 2. The summed E-state index contributed by atoms with van der Waals surface area (Å²) >= 11 is 0.750. The van der Waals surface area contributed by atoms with E-state index in [9.17, 15) is 23.6 Å². The van der Waals surface area contributed by atoms with Gasteiger partial charge in [0, 0.05) is 25.7 Å². The summed E-state index contributed by atoms with van der Waals surface area (Å²) in [6, 6.07) is 10.8. The lowest BCUT2D eigenvalue weighted by Crippen LogP contribution is -2.39. The van der Waals surface area contributed by atoms with Gasteiger partial charge in [-0.05, 0) is 73.8 Å². The summed E-state index contributed by atoms with van der Waals surface area (Å²) in [4.78, 5) is 33.0. The molecule has 3 aromatic rings. The van der Waals surface area contributed by atoms with Gasteiger partial charge < -0.3 is 14.8 Å². The van der Waals surface area contributed by atoms with Crippen LogP contribution in [0.4, 0.5) is 14.7 Å². The van der Waals surface area contributed by atoms with Gasteiger partial charge in [-0.3, -0.25) is 14.9 Å². The molecule has 0 bridgehead atoms. The number of thiophene rings is 1. The molecule has 8 nitrogen and oxygen atoms in total. The molecule has 11 heteroatoms. The van der Waals surface area contributed by atoms with Gasteiger partial charge in [0.05, 0.1) is 26.8 Å². The molecular weight excluding hydrogens is 570 g/mol. The van der Waals surface area contributed by atoms with Crippen LogP contribution in [0.25, 0.3) is 11.0 Å². The molecule has 2 fully saturated rings. The predicted molar refractivity (Wildman–Crippen MR) is 164 cm³/mol. The van der Waals surface area contributed by atoms with E-state index in [2.05, 4.69) is 44.4 Å². The van der Waals surface area contributed by atoms with Crippen molar-refractivity contribution in [2.24, 2.45) is 11.3 Å². The van der Waals surface area contributed by atoms with Crippen molar-refractivity contribution in [2.75, 3.05) is 11.9 Å². The van der Waals surface area contributed by atoms with Gasteiger partial charge in [0.25, 0.3) is 18.2 Å². The van der Waals surface area contributed by atoms with E-state index in [4.69, 9.17) is 4.98 Å². The highest BCUT2D eigenvalue weighted by Crippen LogP contribution is 2.33. The van der Waals surface area contributed by atoms with Crippen LogP contribution in [-0.2, 0) is 17.9 Å². The third-order valence-corrected chi connectivity index (χ3v) is 9.51. The number of nitriles is 1. The van der Waals surface area contributed by atoms with E-state index in [0.717, 1.165) is 48.1 Å². The monoisotopic (exact) mass is 608 g/mol. The van der Waals surface area contributed by atoms with Crippen LogP contribution in [0.5, 0.6) is 0 Å². The lowest BCUT2D eigenvalue weighted by molar-refractivity contribution is -0.127. The smallest absolute Gasteiger partial charge is 0.272 e. The average Bonchev–Trinajstić information content (AvgIpc) is 3.33. The summed E-state index contributed by atoms with van der Waals surface area (Å²) in [7, 11) is 0. The first-order valence-corrected chi connectivity index (χ1v) is 15.6. The maximum atomic E-state index is 13.4. The average molecular weight is 609 g/mol. The molecule has 1 saturated carbocycles. The Bertz CT molecular complexity index is 1580. The Morgan fingerprint density at radius 1 is 1.21 bits per heavy atom. The second kappa shape index (κ2) is 12.5. The van der Waals surface area contributed by atoms with Crippen LogP contribution in [-0.4, -0.2) is 44.9 Å². The third kappa shape index (κ3) is 7.13. The van der Waals surface area contributed by atoms with E-state index in [1.54, 1.807) is 11.0 Å². The highest BCUT2D eigenvalue weighted by molar-refractivity contribution is 7.14. The van der Waals surface area contributed by atoms with Crippen molar-refractivity contribution in [3.8, 4) is 6.07 Å². The summed E-state index contributed by atoms with van der Waals surface area (Å²) in [6.07, 6.45) is 2.70. The number of halogens is 2. The molecule has 1 aliphatic heterocycles. The number of likely N-dealkylation sites (tertiary alicyclic amines) is 1. The molecule has 3 heterocycles. The maximum Gasteiger partial charge on any atom is 0.272 e. The van der Waals surface area contributed by atoms with Gasteiger partial charge in [-0.1, -0.05) is 32.9 Å². The summed E-state index contributed by atoms with van der Waals surface area (Å²) < 4.78 is 28.2. The van der Waals surface area contributed by atoms with Crippen LogP contribution in [0, 0.1) is 22.7 Å². The van der Waals surface area contributed by atoms with Crippen molar-refractivity contribution in [2.45, 2.75) is 85.0 Å². The molecule has 2 N–H and O–H groups in total. The topological polar surface area (TPSA) is 103 Å². The Labute approximate surface area is 254 Å². The minimum absolute atomic E-state index is 0.0962. The SMILES string of the molecule is C[C@H](NCc1ccc2c(c1)nc(NC(=O)c1ccc(C(F)F)s1)n2C[C@H]1CCCN1C(=O)/C(C#N)=C\C1CC1)C(C)(C)C. The summed E-state index contributed by atoms with van der Waals surface area (Å²) in [5.74, 6) is -0.190. The quantitative estimate of drug-likeness (QED) is 0.198. The Hall–Kier alpha value is -3.62. The number of carbonyl (C=O) groups excluding carboxylic acids is 2. The first kappa shape index (κ1) is 30.8. The maximum absolute atomic E-state index is 13.4. The van der Waals surface area contributed by atoms with E-state index in [1.165, 1.54) is 12.1 Å². The van der Waals surface area contributed by atoms with Crippen molar-refractivity contribution < 1.29 is 18.4 Å². The second-order valence-electron chi connectivity index (χ2n) is 12.6. The Morgan fingerprint density at radius 3 is 2.63 bits per heavy atom. The molecule has 0 radical (unpaired) electrons. The number of nitrogens with zero attached hydrogens (tertiary/aromatic N) is 4. The van der Waals surface area contributed by atoms with E-state index in [1.807, 2.05) is 22.8 Å².